The summed E-state index contributed by atoms with van der Waals surface area (Å²) in [5, 5.41) is 1.98. The van der Waals surface area contributed by atoms with E-state index in [1.807, 2.05) is 0 Å². The van der Waals surface area contributed by atoms with Gasteiger partial charge in [0.2, 0.25) is 0 Å². The molecule has 0 atom stereocenters. The zero-order valence-corrected chi connectivity index (χ0v) is 14.3. The van der Waals surface area contributed by atoms with Crippen molar-refractivity contribution in [2.75, 3.05) is 17.3 Å². The van der Waals surface area contributed by atoms with E-state index in [9.17, 15) is 0 Å². The maximum atomic E-state index is 5.70. The summed E-state index contributed by atoms with van der Waals surface area (Å²) < 4.78 is 5.70. The fourth-order valence-corrected chi connectivity index (χ4v) is 3.78. The lowest BCUT2D eigenvalue weighted by molar-refractivity contribution is 0.0594. The van der Waals surface area contributed by atoms with Gasteiger partial charge < -0.3 is 4.74 Å². The van der Waals surface area contributed by atoms with Gasteiger partial charge in [-0.3, -0.25) is 0 Å². The van der Waals surface area contributed by atoms with Gasteiger partial charge >= 0.3 is 0 Å². The first-order valence-corrected chi connectivity index (χ1v) is 8.63. The maximum absolute atomic E-state index is 5.70. The van der Waals surface area contributed by atoms with Crippen molar-refractivity contribution in [3.8, 4) is 0 Å². The number of hydrogen-bond acceptors (Lipinski definition) is 1. The van der Waals surface area contributed by atoms with Crippen LogP contribution in [0.3, 0.4) is 0 Å². The van der Waals surface area contributed by atoms with Crippen LogP contribution < -0.4 is 0 Å². The molecule has 0 aliphatic heterocycles. The van der Waals surface area contributed by atoms with E-state index in [1.54, 1.807) is 0 Å². The third-order valence-corrected chi connectivity index (χ3v) is 5.45. The van der Waals surface area contributed by atoms with Crippen LogP contribution in [-0.4, -0.2) is 23.4 Å². The van der Waals surface area contributed by atoms with Crippen molar-refractivity contribution in [3.63, 3.8) is 0 Å². The average Bonchev–Trinajstić information content (AvgIpc) is 2.38. The second-order valence-electron chi connectivity index (χ2n) is 5.10. The Labute approximate surface area is 128 Å². The van der Waals surface area contributed by atoms with Gasteiger partial charge in [0.15, 0.2) is 0 Å². The highest BCUT2D eigenvalue weighted by Crippen LogP contribution is 2.32. The first-order chi connectivity index (χ1) is 8.62. The van der Waals surface area contributed by atoms with Crippen LogP contribution in [0.25, 0.3) is 0 Å². The molecule has 0 fully saturated rings. The smallest absolute Gasteiger partial charge is 0.0518 e. The van der Waals surface area contributed by atoms with Crippen LogP contribution in [-0.2, 0) is 11.2 Å². The van der Waals surface area contributed by atoms with E-state index in [1.165, 1.54) is 5.56 Å². The fourth-order valence-electron chi connectivity index (χ4n) is 1.89. The second-order valence-corrected chi connectivity index (χ2v) is 6.22. The van der Waals surface area contributed by atoms with Crippen LogP contribution in [0.2, 0.25) is 0 Å². The predicted octanol–water partition coefficient (Wildman–Crippen LogP) is 4.82. The molecule has 0 heterocycles. The number of hydrogen-bond donors (Lipinski definition) is 0. The first kappa shape index (κ1) is 16.2. The molecular weight excluding hydrogens is 356 g/mol. The molecule has 0 spiro atoms. The molecule has 0 aliphatic carbocycles. The lowest BCUT2D eigenvalue weighted by Crippen LogP contribution is -2.30. The fraction of sp³-hybridized carbons (Fsp3) is 0.600. The van der Waals surface area contributed by atoms with Crippen LogP contribution >= 0.6 is 31.9 Å². The van der Waals surface area contributed by atoms with Crippen molar-refractivity contribution < 1.29 is 4.74 Å². The van der Waals surface area contributed by atoms with Gasteiger partial charge in [0, 0.05) is 17.3 Å². The Kier molecular flexibility index (Phi) is 7.50. The summed E-state index contributed by atoms with van der Waals surface area (Å²) in [6.45, 7) is 4.99. The Bertz CT molecular complexity index is 321. The third kappa shape index (κ3) is 5.41. The summed E-state index contributed by atoms with van der Waals surface area (Å²) in [5.41, 5.74) is 1.62. The molecule has 0 saturated carbocycles. The molecular formula is C15H22Br2O. The molecule has 1 aromatic carbocycles. The van der Waals surface area contributed by atoms with Crippen LogP contribution in [0.4, 0.5) is 0 Å². The zero-order valence-electron chi connectivity index (χ0n) is 11.2. The van der Waals surface area contributed by atoms with Crippen molar-refractivity contribution in [1.82, 2.24) is 0 Å². The molecule has 3 heteroatoms. The normalized spacial score (nSPS) is 12.1. The molecule has 0 saturated heterocycles. The van der Waals surface area contributed by atoms with Gasteiger partial charge in [-0.25, -0.2) is 0 Å². The molecule has 0 radical (unpaired) electrons. The summed E-state index contributed by atoms with van der Waals surface area (Å²) >= 11 is 7.34. The van der Waals surface area contributed by atoms with Crippen molar-refractivity contribution in [2.24, 2.45) is 5.41 Å². The zero-order chi connectivity index (χ0) is 13.4. The Morgan fingerprint density at radius 3 is 2.22 bits per heavy atom. The Morgan fingerprint density at radius 2 is 1.72 bits per heavy atom. The molecule has 0 aliphatic rings. The molecule has 18 heavy (non-hydrogen) atoms. The van der Waals surface area contributed by atoms with Gasteiger partial charge in [0.1, 0.15) is 0 Å². The minimum Gasteiger partial charge on any atom is -0.379 e. The van der Waals surface area contributed by atoms with E-state index in [0.29, 0.717) is 6.10 Å². The van der Waals surface area contributed by atoms with Crippen molar-refractivity contribution in [2.45, 2.75) is 32.8 Å². The van der Waals surface area contributed by atoms with Gasteiger partial charge in [0.05, 0.1) is 6.10 Å². The monoisotopic (exact) mass is 376 g/mol. The third-order valence-electron chi connectivity index (χ3n) is 3.07. The number of ether oxygens (including phenoxy) is 1. The van der Waals surface area contributed by atoms with Gasteiger partial charge in [-0.15, -0.1) is 0 Å². The Hall–Kier alpha value is 0.140. The summed E-state index contributed by atoms with van der Waals surface area (Å²) in [6, 6.07) is 10.7. The highest BCUT2D eigenvalue weighted by Gasteiger charge is 2.28. The van der Waals surface area contributed by atoms with E-state index >= 15 is 0 Å². The van der Waals surface area contributed by atoms with Gasteiger partial charge in [0.25, 0.3) is 0 Å². The summed E-state index contributed by atoms with van der Waals surface area (Å²) in [4.78, 5) is 0. The first-order valence-electron chi connectivity index (χ1n) is 6.39. The van der Waals surface area contributed by atoms with Gasteiger partial charge in [-0.2, -0.15) is 0 Å². The van der Waals surface area contributed by atoms with E-state index in [2.05, 4.69) is 76.0 Å². The summed E-state index contributed by atoms with van der Waals surface area (Å²) in [6.07, 6.45) is 2.45. The van der Waals surface area contributed by atoms with Crippen LogP contribution in [0.5, 0.6) is 0 Å². The van der Waals surface area contributed by atoms with Crippen LogP contribution in [0.15, 0.2) is 30.3 Å². The van der Waals surface area contributed by atoms with Crippen LogP contribution in [0, 0.1) is 5.41 Å². The molecule has 1 nitrogen and oxygen atoms in total. The summed E-state index contributed by atoms with van der Waals surface area (Å²) in [7, 11) is 0. The molecule has 0 unspecified atom stereocenters. The topological polar surface area (TPSA) is 9.23 Å². The number of alkyl halides is 2. The quantitative estimate of drug-likeness (QED) is 0.590. The Balaban J connectivity index is 2.62. The van der Waals surface area contributed by atoms with Crippen molar-refractivity contribution in [1.29, 1.82) is 0 Å². The highest BCUT2D eigenvalue weighted by molar-refractivity contribution is 9.09. The number of halogens is 2. The molecule has 0 aromatic heterocycles. The predicted molar refractivity (Wildman–Crippen MR) is 85.9 cm³/mol. The van der Waals surface area contributed by atoms with E-state index in [-0.39, 0.29) is 5.41 Å². The molecule has 0 bridgehead atoms. The minimum atomic E-state index is 0.232. The van der Waals surface area contributed by atoms with E-state index < -0.39 is 0 Å². The Morgan fingerprint density at radius 1 is 1.11 bits per heavy atom. The summed E-state index contributed by atoms with van der Waals surface area (Å²) in [5.74, 6) is 0. The average molecular weight is 378 g/mol. The van der Waals surface area contributed by atoms with Crippen molar-refractivity contribution in [3.05, 3.63) is 35.9 Å². The number of benzene rings is 1. The second kappa shape index (κ2) is 8.34. The minimum absolute atomic E-state index is 0.232. The molecule has 102 valence electrons. The lowest BCUT2D eigenvalue weighted by Gasteiger charge is -2.30. The largest absolute Gasteiger partial charge is 0.379 e. The van der Waals surface area contributed by atoms with Gasteiger partial charge in [-0.05, 0) is 37.7 Å². The lowest BCUT2D eigenvalue weighted by atomic mass is 9.83. The van der Waals surface area contributed by atoms with E-state index in [4.69, 9.17) is 4.74 Å². The SMILES string of the molecule is CC(C)OCCC(CBr)(CBr)Cc1ccccc1. The van der Waals surface area contributed by atoms with Crippen molar-refractivity contribution >= 4 is 31.9 Å². The molecule has 1 rings (SSSR count). The standard InChI is InChI=1S/C15H22Br2O/c1-13(2)18-9-8-15(11-16,12-17)10-14-6-4-3-5-7-14/h3-7,13H,8-12H2,1-2H3. The van der Waals surface area contributed by atoms with Crippen LogP contribution in [0.1, 0.15) is 25.8 Å². The van der Waals surface area contributed by atoms with E-state index in [0.717, 1.165) is 30.1 Å². The highest BCUT2D eigenvalue weighted by atomic mass is 79.9. The molecule has 0 amide bonds. The maximum Gasteiger partial charge on any atom is 0.0518 e. The van der Waals surface area contributed by atoms with Gasteiger partial charge in [-0.1, -0.05) is 62.2 Å². The molecule has 1 aromatic rings. The number of rotatable bonds is 8. The molecule has 0 N–H and O–H groups in total.